The van der Waals surface area contributed by atoms with Crippen LogP contribution in [0.4, 0.5) is 11.4 Å². The summed E-state index contributed by atoms with van der Waals surface area (Å²) >= 11 is 0. The summed E-state index contributed by atoms with van der Waals surface area (Å²) in [5, 5.41) is 18.4. The minimum Gasteiger partial charge on any atom is -0.483 e. The first kappa shape index (κ1) is 34.6. The maximum atomic E-state index is 12.8. The minimum atomic E-state index is -0.507. The third-order valence-corrected chi connectivity index (χ3v) is 6.90. The SMILES string of the molecule is CCCCN(CC(Cc1cccc2ccccc12)NC(=O)CCC)c1ccc(C(=O)NCC(=O)OC)cc1NC.O=CO. The molecule has 0 saturated heterocycles. The summed E-state index contributed by atoms with van der Waals surface area (Å²) < 4.78 is 4.61. The molecule has 232 valence electrons. The molecule has 0 aliphatic heterocycles. The topological polar surface area (TPSA) is 137 Å². The highest BCUT2D eigenvalue weighted by Crippen LogP contribution is 2.29. The van der Waals surface area contributed by atoms with E-state index in [1.807, 2.05) is 32.2 Å². The normalized spacial score (nSPS) is 11.0. The van der Waals surface area contributed by atoms with Gasteiger partial charge in [0.25, 0.3) is 12.4 Å². The van der Waals surface area contributed by atoms with E-state index in [0.717, 1.165) is 37.2 Å². The maximum absolute atomic E-state index is 12.8. The van der Waals surface area contributed by atoms with Crippen LogP contribution in [0.1, 0.15) is 55.5 Å². The molecular weight excluding hydrogens is 548 g/mol. The fraction of sp³-hybridized carbons (Fsp3) is 0.394. The molecule has 1 atom stereocenters. The van der Waals surface area contributed by atoms with Gasteiger partial charge in [-0.05, 0) is 53.8 Å². The van der Waals surface area contributed by atoms with Gasteiger partial charge in [0.05, 0.1) is 24.5 Å². The zero-order valence-corrected chi connectivity index (χ0v) is 25.5. The second-order valence-corrected chi connectivity index (χ2v) is 10.0. The summed E-state index contributed by atoms with van der Waals surface area (Å²) in [7, 11) is 3.11. The number of rotatable bonds is 15. The lowest BCUT2D eigenvalue weighted by Gasteiger charge is -2.32. The third-order valence-electron chi connectivity index (χ3n) is 6.90. The zero-order valence-electron chi connectivity index (χ0n) is 25.5. The van der Waals surface area contributed by atoms with Crippen LogP contribution in [0, 0.1) is 0 Å². The van der Waals surface area contributed by atoms with E-state index in [9.17, 15) is 14.4 Å². The number of methoxy groups -OCH3 is 1. The van der Waals surface area contributed by atoms with Gasteiger partial charge < -0.3 is 30.7 Å². The van der Waals surface area contributed by atoms with Gasteiger partial charge in [-0.3, -0.25) is 19.2 Å². The number of carbonyl (C=O) groups is 4. The highest BCUT2D eigenvalue weighted by atomic mass is 16.5. The lowest BCUT2D eigenvalue weighted by Crippen LogP contribution is -2.45. The van der Waals surface area contributed by atoms with Crippen molar-refractivity contribution in [3.05, 3.63) is 71.8 Å². The number of hydrogen-bond acceptors (Lipinski definition) is 7. The van der Waals surface area contributed by atoms with Gasteiger partial charge in [0, 0.05) is 32.1 Å². The quantitative estimate of drug-likeness (QED) is 0.148. The molecule has 0 bridgehead atoms. The van der Waals surface area contributed by atoms with E-state index in [-0.39, 0.29) is 30.9 Å². The standard InChI is InChI=1S/C32H42N4O4.CH2O2/c1-5-7-18-36(29-17-16-25(20-28(29)33-3)32(39)34-21-31(38)40-4)22-26(35-30(37)11-6-2)19-24-14-10-13-23-12-8-9-15-27(23)24;2-1-3/h8-10,12-17,20,26,33H,5-7,11,18-19,21-22H2,1-4H3,(H,34,39)(H,35,37);1H,(H,2,3). The lowest BCUT2D eigenvalue weighted by molar-refractivity contribution is -0.139. The van der Waals surface area contributed by atoms with Gasteiger partial charge in [-0.25, -0.2) is 0 Å². The van der Waals surface area contributed by atoms with Crippen molar-refractivity contribution in [1.82, 2.24) is 10.6 Å². The minimum absolute atomic E-state index is 0.0506. The smallest absolute Gasteiger partial charge is 0.325 e. The van der Waals surface area contributed by atoms with Crippen molar-refractivity contribution in [1.29, 1.82) is 0 Å². The third kappa shape index (κ3) is 11.0. The average Bonchev–Trinajstić information content (AvgIpc) is 3.02. The van der Waals surface area contributed by atoms with E-state index in [1.54, 1.807) is 12.1 Å². The van der Waals surface area contributed by atoms with Crippen LogP contribution in [0.15, 0.2) is 60.7 Å². The lowest BCUT2D eigenvalue weighted by atomic mass is 9.98. The fourth-order valence-electron chi connectivity index (χ4n) is 4.83. The van der Waals surface area contributed by atoms with Gasteiger partial charge in [-0.2, -0.15) is 0 Å². The number of hydrogen-bond donors (Lipinski definition) is 4. The molecule has 10 heteroatoms. The molecule has 3 rings (SSSR count). The molecule has 0 fully saturated rings. The molecule has 0 aromatic heterocycles. The second-order valence-electron chi connectivity index (χ2n) is 10.0. The number of nitrogens with zero attached hydrogens (tertiary/aromatic N) is 1. The first-order valence-corrected chi connectivity index (χ1v) is 14.6. The van der Waals surface area contributed by atoms with Gasteiger partial charge in [0.2, 0.25) is 5.91 Å². The summed E-state index contributed by atoms with van der Waals surface area (Å²) in [6.45, 7) is 5.13. The average molecular weight is 593 g/mol. The molecule has 0 spiro atoms. The number of esters is 1. The molecule has 4 N–H and O–H groups in total. The fourth-order valence-corrected chi connectivity index (χ4v) is 4.83. The van der Waals surface area contributed by atoms with Crippen molar-refractivity contribution in [2.24, 2.45) is 0 Å². The van der Waals surface area contributed by atoms with Crippen molar-refractivity contribution in [3.8, 4) is 0 Å². The van der Waals surface area contributed by atoms with E-state index in [1.165, 1.54) is 23.4 Å². The molecule has 0 aliphatic rings. The first-order valence-electron chi connectivity index (χ1n) is 14.6. The number of benzene rings is 3. The molecule has 3 aromatic carbocycles. The van der Waals surface area contributed by atoms with Gasteiger partial charge in [0.15, 0.2) is 0 Å². The highest BCUT2D eigenvalue weighted by molar-refractivity contribution is 5.98. The van der Waals surface area contributed by atoms with Crippen LogP contribution in [0.2, 0.25) is 0 Å². The van der Waals surface area contributed by atoms with Crippen molar-refractivity contribution in [2.45, 2.75) is 52.0 Å². The van der Waals surface area contributed by atoms with Gasteiger partial charge in [-0.1, -0.05) is 62.7 Å². The number of unbranched alkanes of at least 4 members (excludes halogenated alkanes) is 1. The van der Waals surface area contributed by atoms with Crippen molar-refractivity contribution < 1.29 is 29.0 Å². The molecule has 0 saturated carbocycles. The molecule has 3 aromatic rings. The summed E-state index contributed by atoms with van der Waals surface area (Å²) in [4.78, 5) is 47.5. The number of ether oxygens (including phenoxy) is 1. The van der Waals surface area contributed by atoms with E-state index in [4.69, 9.17) is 9.90 Å². The van der Waals surface area contributed by atoms with Crippen LogP contribution in [0.25, 0.3) is 10.8 Å². The zero-order chi connectivity index (χ0) is 31.6. The van der Waals surface area contributed by atoms with Crippen molar-refractivity contribution >= 4 is 46.4 Å². The van der Waals surface area contributed by atoms with Crippen molar-refractivity contribution in [2.75, 3.05) is 44.0 Å². The Kier molecular flexibility index (Phi) is 15.1. The van der Waals surface area contributed by atoms with Crippen LogP contribution in [0.3, 0.4) is 0 Å². The molecule has 0 radical (unpaired) electrons. The Hall–Kier alpha value is -4.60. The van der Waals surface area contributed by atoms with Crippen molar-refractivity contribution in [3.63, 3.8) is 0 Å². The molecule has 0 heterocycles. The Balaban J connectivity index is 0.00000206. The number of anilines is 2. The number of fused-ring (bicyclic) bond motifs is 1. The molecule has 0 aliphatic carbocycles. The highest BCUT2D eigenvalue weighted by Gasteiger charge is 2.21. The molecule has 1 unspecified atom stereocenters. The number of carbonyl (C=O) groups excluding carboxylic acids is 3. The molecule has 2 amide bonds. The van der Waals surface area contributed by atoms with E-state index < -0.39 is 5.97 Å². The van der Waals surface area contributed by atoms with Crippen LogP contribution in [0.5, 0.6) is 0 Å². The summed E-state index contributed by atoms with van der Waals surface area (Å²) in [5.41, 5.74) is 3.39. The predicted molar refractivity (Wildman–Crippen MR) is 171 cm³/mol. The Labute approximate surface area is 253 Å². The molecule has 43 heavy (non-hydrogen) atoms. The molecule has 10 nitrogen and oxygen atoms in total. The number of nitrogens with one attached hydrogen (secondary N) is 3. The summed E-state index contributed by atoms with van der Waals surface area (Å²) in [6.07, 6.45) is 3.97. The van der Waals surface area contributed by atoms with E-state index in [0.29, 0.717) is 24.9 Å². The van der Waals surface area contributed by atoms with E-state index >= 15 is 0 Å². The van der Waals surface area contributed by atoms with Crippen LogP contribution in [-0.2, 0) is 25.5 Å². The predicted octanol–water partition coefficient (Wildman–Crippen LogP) is 4.62. The number of carboxylic acid groups (broad SMARTS) is 1. The largest absolute Gasteiger partial charge is 0.483 e. The van der Waals surface area contributed by atoms with Gasteiger partial charge in [-0.15, -0.1) is 0 Å². The van der Waals surface area contributed by atoms with Gasteiger partial charge in [0.1, 0.15) is 6.54 Å². The monoisotopic (exact) mass is 592 g/mol. The summed E-state index contributed by atoms with van der Waals surface area (Å²) in [6, 6.07) is 20.0. The molecular formula is C33H44N4O6. The van der Waals surface area contributed by atoms with Gasteiger partial charge >= 0.3 is 5.97 Å². The maximum Gasteiger partial charge on any atom is 0.325 e. The first-order chi connectivity index (χ1) is 20.8. The number of amides is 2. The van der Waals surface area contributed by atoms with E-state index in [2.05, 4.69) is 62.8 Å². The Bertz CT molecular complexity index is 1340. The Morgan fingerprint density at radius 2 is 1.74 bits per heavy atom. The van der Waals surface area contributed by atoms with Crippen LogP contribution in [-0.4, -0.2) is 69.2 Å². The van der Waals surface area contributed by atoms with Crippen LogP contribution >= 0.6 is 0 Å². The summed E-state index contributed by atoms with van der Waals surface area (Å²) in [5.74, 6) is -0.809. The Morgan fingerprint density at radius 3 is 2.42 bits per heavy atom. The Morgan fingerprint density at radius 1 is 1.02 bits per heavy atom. The second kappa shape index (κ2) is 18.8. The van der Waals surface area contributed by atoms with Crippen LogP contribution < -0.4 is 20.9 Å².